The molecule has 0 bridgehead atoms. The lowest BCUT2D eigenvalue weighted by Crippen LogP contribution is -2.25. The zero-order chi connectivity index (χ0) is 8.97. The molecule has 0 saturated heterocycles. The van der Waals surface area contributed by atoms with Crippen LogP contribution in [0.25, 0.3) is 0 Å². The number of nitrogens with two attached hydrogens (primary N) is 1. The first kappa shape index (κ1) is 10.2. The number of thiophene rings is 1. The molecule has 0 aliphatic heterocycles. The van der Waals surface area contributed by atoms with Gasteiger partial charge in [0.1, 0.15) is 0 Å². The van der Waals surface area contributed by atoms with Crippen molar-refractivity contribution in [3.63, 3.8) is 0 Å². The summed E-state index contributed by atoms with van der Waals surface area (Å²) in [6, 6.07) is 2.46. The van der Waals surface area contributed by atoms with Gasteiger partial charge in [-0.1, -0.05) is 0 Å². The Hall–Kier alpha value is 0.100. The molecular weight excluding hydrogens is 236 g/mol. The van der Waals surface area contributed by atoms with E-state index in [1.54, 1.807) is 11.3 Å². The van der Waals surface area contributed by atoms with Crippen LogP contribution in [-0.4, -0.2) is 13.1 Å². The molecule has 3 N–H and O–H groups in total. The Kier molecular flexibility index (Phi) is 4.21. The molecule has 1 aromatic heterocycles. The van der Waals surface area contributed by atoms with E-state index in [1.807, 2.05) is 0 Å². The summed E-state index contributed by atoms with van der Waals surface area (Å²) in [6.45, 7) is 3.70. The van der Waals surface area contributed by atoms with Gasteiger partial charge in [-0.3, -0.25) is 0 Å². The van der Waals surface area contributed by atoms with Gasteiger partial charge in [-0.15, -0.1) is 11.3 Å². The maximum absolute atomic E-state index is 5.40. The summed E-state index contributed by atoms with van der Waals surface area (Å²) in [4.78, 5) is 1.34. The van der Waals surface area contributed by atoms with E-state index in [0.717, 1.165) is 6.54 Å². The van der Waals surface area contributed by atoms with Crippen LogP contribution in [0.5, 0.6) is 0 Å². The fourth-order valence-electron chi connectivity index (χ4n) is 1.01. The highest BCUT2D eigenvalue weighted by atomic mass is 79.9. The molecular formula is C8H13BrN2S. The van der Waals surface area contributed by atoms with Gasteiger partial charge in [0, 0.05) is 28.5 Å². The summed E-state index contributed by atoms with van der Waals surface area (Å²) in [7, 11) is 0. The maximum atomic E-state index is 5.40. The number of hydrogen-bond acceptors (Lipinski definition) is 3. The van der Waals surface area contributed by atoms with Gasteiger partial charge < -0.3 is 11.1 Å². The van der Waals surface area contributed by atoms with Crippen LogP contribution in [0.15, 0.2) is 15.9 Å². The number of halogens is 1. The molecule has 1 unspecified atom stereocenters. The van der Waals surface area contributed by atoms with Crippen molar-refractivity contribution in [2.75, 3.05) is 13.1 Å². The summed E-state index contributed by atoms with van der Waals surface area (Å²) < 4.78 is 1.18. The van der Waals surface area contributed by atoms with Gasteiger partial charge in [0.05, 0.1) is 0 Å². The molecule has 2 nitrogen and oxygen atoms in total. The van der Waals surface area contributed by atoms with Crippen molar-refractivity contribution in [1.29, 1.82) is 0 Å². The highest BCUT2D eigenvalue weighted by molar-refractivity contribution is 9.10. The lowest BCUT2D eigenvalue weighted by Gasteiger charge is -2.11. The molecule has 68 valence electrons. The second kappa shape index (κ2) is 4.97. The lowest BCUT2D eigenvalue weighted by atomic mass is 10.3. The molecule has 1 atom stereocenters. The summed E-state index contributed by atoms with van der Waals surface area (Å²) in [5.41, 5.74) is 5.40. The van der Waals surface area contributed by atoms with Crippen molar-refractivity contribution in [2.24, 2.45) is 5.73 Å². The summed E-state index contributed by atoms with van der Waals surface area (Å²) >= 11 is 5.26. The highest BCUT2D eigenvalue weighted by Crippen LogP contribution is 2.28. The Bertz CT molecular complexity index is 237. The topological polar surface area (TPSA) is 38.0 Å². The van der Waals surface area contributed by atoms with Crippen LogP contribution in [0.3, 0.4) is 0 Å². The first-order chi connectivity index (χ1) is 5.75. The van der Waals surface area contributed by atoms with Crippen LogP contribution in [-0.2, 0) is 0 Å². The molecule has 0 amide bonds. The largest absolute Gasteiger partial charge is 0.329 e. The third-order valence-electron chi connectivity index (χ3n) is 1.63. The minimum absolute atomic E-state index is 0.392. The Morgan fingerprint density at radius 3 is 3.00 bits per heavy atom. The molecule has 1 heterocycles. The van der Waals surface area contributed by atoms with Crippen LogP contribution in [0, 0.1) is 0 Å². The zero-order valence-electron chi connectivity index (χ0n) is 7.01. The average Bonchev–Trinajstić information content (AvgIpc) is 2.47. The van der Waals surface area contributed by atoms with E-state index in [4.69, 9.17) is 5.73 Å². The molecule has 0 aliphatic rings. The fourth-order valence-corrected chi connectivity index (χ4v) is 2.76. The van der Waals surface area contributed by atoms with Crippen molar-refractivity contribution < 1.29 is 0 Å². The Morgan fingerprint density at radius 1 is 1.75 bits per heavy atom. The normalized spacial score (nSPS) is 13.2. The Morgan fingerprint density at radius 2 is 2.50 bits per heavy atom. The van der Waals surface area contributed by atoms with Crippen LogP contribution in [0.2, 0.25) is 0 Å². The standard InChI is InChI=1S/C8H13BrN2S/c1-6(11-4-3-10)8-7(9)2-5-12-8/h2,5-6,11H,3-4,10H2,1H3. The molecule has 12 heavy (non-hydrogen) atoms. The summed E-state index contributed by atoms with van der Waals surface area (Å²) in [5, 5.41) is 5.41. The molecule has 0 aliphatic carbocycles. The van der Waals surface area contributed by atoms with Gasteiger partial charge in [0.25, 0.3) is 0 Å². The van der Waals surface area contributed by atoms with Crippen molar-refractivity contribution in [2.45, 2.75) is 13.0 Å². The summed E-state index contributed by atoms with van der Waals surface area (Å²) in [6.07, 6.45) is 0. The monoisotopic (exact) mass is 248 g/mol. The molecule has 0 fully saturated rings. The highest BCUT2D eigenvalue weighted by Gasteiger charge is 2.08. The lowest BCUT2D eigenvalue weighted by molar-refractivity contribution is 0.589. The fraction of sp³-hybridized carbons (Fsp3) is 0.500. The van der Waals surface area contributed by atoms with Crippen LogP contribution in [0.4, 0.5) is 0 Å². The molecule has 0 aromatic carbocycles. The van der Waals surface area contributed by atoms with Crippen LogP contribution in [0.1, 0.15) is 17.8 Å². The van der Waals surface area contributed by atoms with E-state index in [2.05, 4.69) is 39.6 Å². The molecule has 1 aromatic rings. The minimum atomic E-state index is 0.392. The third-order valence-corrected chi connectivity index (χ3v) is 3.69. The van der Waals surface area contributed by atoms with Gasteiger partial charge >= 0.3 is 0 Å². The minimum Gasteiger partial charge on any atom is -0.329 e. The van der Waals surface area contributed by atoms with Gasteiger partial charge in [-0.05, 0) is 34.3 Å². The summed E-state index contributed by atoms with van der Waals surface area (Å²) in [5.74, 6) is 0. The smallest absolute Gasteiger partial charge is 0.0397 e. The number of rotatable bonds is 4. The zero-order valence-corrected chi connectivity index (χ0v) is 9.41. The number of hydrogen-bond donors (Lipinski definition) is 2. The quantitative estimate of drug-likeness (QED) is 0.857. The SMILES string of the molecule is CC(NCCN)c1sccc1Br. The second-order valence-electron chi connectivity index (χ2n) is 2.60. The number of nitrogens with one attached hydrogen (secondary N) is 1. The second-order valence-corrected chi connectivity index (χ2v) is 4.40. The third kappa shape index (κ3) is 2.55. The van der Waals surface area contributed by atoms with E-state index < -0.39 is 0 Å². The van der Waals surface area contributed by atoms with Gasteiger partial charge in [-0.2, -0.15) is 0 Å². The van der Waals surface area contributed by atoms with E-state index in [1.165, 1.54) is 9.35 Å². The van der Waals surface area contributed by atoms with Gasteiger partial charge in [0.2, 0.25) is 0 Å². The predicted octanol–water partition coefficient (Wildman–Crippen LogP) is 2.12. The van der Waals surface area contributed by atoms with Gasteiger partial charge in [0.15, 0.2) is 0 Å². The molecule has 0 spiro atoms. The first-order valence-corrected chi connectivity index (χ1v) is 5.59. The Balaban J connectivity index is 2.52. The van der Waals surface area contributed by atoms with Crippen molar-refractivity contribution in [3.8, 4) is 0 Å². The van der Waals surface area contributed by atoms with Crippen molar-refractivity contribution in [1.82, 2.24) is 5.32 Å². The molecule has 4 heteroatoms. The van der Waals surface area contributed by atoms with Gasteiger partial charge in [-0.25, -0.2) is 0 Å². The van der Waals surface area contributed by atoms with Crippen LogP contribution >= 0.6 is 27.3 Å². The predicted molar refractivity (Wildman–Crippen MR) is 57.5 cm³/mol. The van der Waals surface area contributed by atoms with Crippen molar-refractivity contribution >= 4 is 27.3 Å². The molecule has 0 saturated carbocycles. The van der Waals surface area contributed by atoms with Crippen LogP contribution < -0.4 is 11.1 Å². The van der Waals surface area contributed by atoms with E-state index in [-0.39, 0.29) is 0 Å². The Labute approximate surface area is 85.3 Å². The molecule has 1 rings (SSSR count). The molecule has 0 radical (unpaired) electrons. The van der Waals surface area contributed by atoms with E-state index in [9.17, 15) is 0 Å². The van der Waals surface area contributed by atoms with E-state index >= 15 is 0 Å². The average molecular weight is 249 g/mol. The maximum Gasteiger partial charge on any atom is 0.0397 e. The van der Waals surface area contributed by atoms with E-state index in [0.29, 0.717) is 12.6 Å². The first-order valence-electron chi connectivity index (χ1n) is 3.92. The van der Waals surface area contributed by atoms with Crippen molar-refractivity contribution in [3.05, 3.63) is 20.8 Å².